The van der Waals surface area contributed by atoms with Crippen LogP contribution in [0, 0.1) is 0 Å². The largest absolute Gasteiger partial charge is 0.497 e. The zero-order valence-corrected chi connectivity index (χ0v) is 18.3. The number of benzene rings is 3. The summed E-state index contributed by atoms with van der Waals surface area (Å²) in [4.78, 5) is 0. The summed E-state index contributed by atoms with van der Waals surface area (Å²) in [7, 11) is 4.94. The maximum absolute atomic E-state index is 10.7. The van der Waals surface area contributed by atoms with Crippen molar-refractivity contribution >= 4 is 7.85 Å². The third-order valence-electron chi connectivity index (χ3n) is 5.92. The third kappa shape index (κ3) is 4.00. The molecule has 4 atom stereocenters. The Bertz CT molecular complexity index is 961. The monoisotopic (exact) mass is 434 g/mol. The van der Waals surface area contributed by atoms with Gasteiger partial charge >= 0.3 is 0 Å². The predicted molar refractivity (Wildman–Crippen MR) is 123 cm³/mol. The Morgan fingerprint density at radius 2 is 1.19 bits per heavy atom. The lowest BCUT2D eigenvalue weighted by Crippen LogP contribution is -2.42. The highest BCUT2D eigenvalue weighted by Crippen LogP contribution is 2.44. The van der Waals surface area contributed by atoms with Gasteiger partial charge in [0.15, 0.2) is 6.29 Å². The van der Waals surface area contributed by atoms with Crippen molar-refractivity contribution in [2.45, 2.75) is 30.1 Å². The van der Waals surface area contributed by atoms with Gasteiger partial charge in [-0.25, -0.2) is 0 Å². The topological polar surface area (TPSA) is 77.4 Å². The maximum Gasteiger partial charge on any atom is 0.187 e. The molecule has 6 nitrogen and oxygen atoms in total. The van der Waals surface area contributed by atoms with Crippen LogP contribution in [0.25, 0.3) is 0 Å². The number of rotatable bonds is 7. The van der Waals surface area contributed by atoms with Crippen LogP contribution in [0.3, 0.4) is 0 Å². The van der Waals surface area contributed by atoms with Crippen molar-refractivity contribution in [1.82, 2.24) is 0 Å². The van der Waals surface area contributed by atoms with Crippen LogP contribution in [0.15, 0.2) is 78.9 Å². The number of hydrogen-bond acceptors (Lipinski definition) is 6. The predicted octanol–water partition coefficient (Wildman–Crippen LogP) is 2.05. The Hall–Kier alpha value is -2.84. The van der Waals surface area contributed by atoms with Gasteiger partial charge in [0.25, 0.3) is 0 Å². The van der Waals surface area contributed by atoms with Gasteiger partial charge in [0.1, 0.15) is 37.2 Å². The SMILES string of the molecule is B[C@H]1O[C@H](OC(c2ccccc2)(c2ccc(OC)cc2)c2ccc(OC)cc2)C(O)C1O. The second-order valence-corrected chi connectivity index (χ2v) is 7.81. The molecule has 0 radical (unpaired) electrons. The standard InChI is InChI=1S/C25H27BO6/c1-29-19-12-8-17(9-13-19)25(16-6-4-3-5-7-16,18-10-14-20(30-2)15-11-18)32-24-22(28)21(27)23(26)31-24/h3-15,21-24,27-28H,26H2,1-2H3/t21?,22?,23-,24+/m0/s1. The summed E-state index contributed by atoms with van der Waals surface area (Å²) in [6, 6.07) is 24.3. The lowest BCUT2D eigenvalue weighted by molar-refractivity contribution is -0.201. The van der Waals surface area contributed by atoms with Crippen molar-refractivity contribution in [2.24, 2.45) is 0 Å². The Kier molecular flexibility index (Phi) is 6.53. The van der Waals surface area contributed by atoms with Crippen molar-refractivity contribution in [3.63, 3.8) is 0 Å². The highest BCUT2D eigenvalue weighted by atomic mass is 16.7. The molecule has 4 rings (SSSR count). The molecular formula is C25H27BO6. The Balaban J connectivity index is 1.92. The van der Waals surface area contributed by atoms with E-state index in [-0.39, 0.29) is 0 Å². The number of aliphatic hydroxyl groups excluding tert-OH is 2. The van der Waals surface area contributed by atoms with E-state index in [1.807, 2.05) is 78.9 Å². The van der Waals surface area contributed by atoms with E-state index in [1.165, 1.54) is 0 Å². The van der Waals surface area contributed by atoms with Gasteiger partial charge in [-0.15, -0.1) is 0 Å². The normalized spacial score (nSPS) is 23.1. The van der Waals surface area contributed by atoms with Crippen molar-refractivity contribution in [2.75, 3.05) is 14.2 Å². The number of ether oxygens (including phenoxy) is 4. The van der Waals surface area contributed by atoms with E-state index in [9.17, 15) is 10.2 Å². The van der Waals surface area contributed by atoms with E-state index >= 15 is 0 Å². The molecular weight excluding hydrogens is 407 g/mol. The van der Waals surface area contributed by atoms with Gasteiger partial charge in [0.05, 0.1) is 20.2 Å². The summed E-state index contributed by atoms with van der Waals surface area (Å²) in [6.07, 6.45) is -3.27. The average molecular weight is 434 g/mol. The molecule has 1 aliphatic heterocycles. The molecule has 0 spiro atoms. The van der Waals surface area contributed by atoms with Gasteiger partial charge < -0.3 is 29.2 Å². The summed E-state index contributed by atoms with van der Waals surface area (Å²) in [5.41, 5.74) is 1.36. The number of hydrogen-bond donors (Lipinski definition) is 2. The van der Waals surface area contributed by atoms with E-state index in [1.54, 1.807) is 22.1 Å². The second kappa shape index (κ2) is 9.34. The summed E-state index contributed by atoms with van der Waals surface area (Å²) >= 11 is 0. The first-order valence-electron chi connectivity index (χ1n) is 10.5. The molecule has 7 heteroatoms. The Morgan fingerprint density at radius 1 is 0.719 bits per heavy atom. The minimum absolute atomic E-state index is 0.560. The van der Waals surface area contributed by atoms with Gasteiger partial charge in [-0.1, -0.05) is 54.6 Å². The molecule has 32 heavy (non-hydrogen) atoms. The Labute approximate surface area is 188 Å². The zero-order chi connectivity index (χ0) is 22.7. The summed E-state index contributed by atoms with van der Waals surface area (Å²) in [5, 5.41) is 20.9. The number of aliphatic hydroxyl groups is 2. The number of methoxy groups -OCH3 is 2. The quantitative estimate of drug-likeness (QED) is 0.438. The lowest BCUT2D eigenvalue weighted by atomic mass is 9.80. The highest BCUT2D eigenvalue weighted by molar-refractivity contribution is 6.11. The van der Waals surface area contributed by atoms with Crippen LogP contribution in [-0.4, -0.2) is 56.8 Å². The lowest BCUT2D eigenvalue weighted by Gasteiger charge is -2.38. The van der Waals surface area contributed by atoms with Gasteiger partial charge in [-0.2, -0.15) is 0 Å². The van der Waals surface area contributed by atoms with Crippen LogP contribution in [-0.2, 0) is 15.1 Å². The summed E-state index contributed by atoms with van der Waals surface area (Å²) in [6.45, 7) is 0. The van der Waals surface area contributed by atoms with E-state index in [4.69, 9.17) is 18.9 Å². The summed E-state index contributed by atoms with van der Waals surface area (Å²) in [5.74, 6) is 1.43. The average Bonchev–Trinajstić information content (AvgIpc) is 3.09. The van der Waals surface area contributed by atoms with Gasteiger partial charge in [-0.3, -0.25) is 0 Å². The molecule has 1 aliphatic rings. The molecule has 1 heterocycles. The molecule has 3 aromatic rings. The molecule has 0 bridgehead atoms. The van der Waals surface area contributed by atoms with Gasteiger partial charge in [-0.05, 0) is 41.0 Å². The molecule has 0 aromatic heterocycles. The second-order valence-electron chi connectivity index (χ2n) is 7.81. The van der Waals surface area contributed by atoms with Crippen molar-refractivity contribution in [3.05, 3.63) is 95.6 Å². The van der Waals surface area contributed by atoms with Crippen LogP contribution in [0.1, 0.15) is 16.7 Å². The van der Waals surface area contributed by atoms with Crippen molar-refractivity contribution in [3.8, 4) is 11.5 Å². The molecule has 1 fully saturated rings. The first-order valence-corrected chi connectivity index (χ1v) is 10.5. The van der Waals surface area contributed by atoms with Gasteiger partial charge in [0, 0.05) is 0 Å². The van der Waals surface area contributed by atoms with Gasteiger partial charge in [0.2, 0.25) is 0 Å². The van der Waals surface area contributed by atoms with Crippen molar-refractivity contribution < 1.29 is 29.2 Å². The van der Waals surface area contributed by atoms with Crippen LogP contribution < -0.4 is 9.47 Å². The molecule has 3 aromatic carbocycles. The molecule has 166 valence electrons. The molecule has 2 unspecified atom stereocenters. The van der Waals surface area contributed by atoms with E-state index in [0.29, 0.717) is 11.5 Å². The zero-order valence-electron chi connectivity index (χ0n) is 18.3. The van der Waals surface area contributed by atoms with Crippen LogP contribution in [0.5, 0.6) is 11.5 Å². The van der Waals surface area contributed by atoms with E-state index < -0.39 is 30.1 Å². The van der Waals surface area contributed by atoms with E-state index in [0.717, 1.165) is 16.7 Å². The fourth-order valence-electron chi connectivity index (χ4n) is 4.11. The first kappa shape index (κ1) is 22.4. The molecule has 2 N–H and O–H groups in total. The fraction of sp³-hybridized carbons (Fsp3) is 0.280. The van der Waals surface area contributed by atoms with Crippen LogP contribution in [0.4, 0.5) is 0 Å². The fourth-order valence-corrected chi connectivity index (χ4v) is 4.11. The first-order chi connectivity index (χ1) is 15.5. The molecule has 0 aliphatic carbocycles. The molecule has 0 amide bonds. The van der Waals surface area contributed by atoms with Crippen LogP contribution in [0.2, 0.25) is 0 Å². The van der Waals surface area contributed by atoms with Crippen LogP contribution >= 0.6 is 0 Å². The molecule has 0 saturated carbocycles. The Morgan fingerprint density at radius 3 is 1.59 bits per heavy atom. The maximum atomic E-state index is 10.7. The highest BCUT2D eigenvalue weighted by Gasteiger charge is 2.48. The van der Waals surface area contributed by atoms with Crippen molar-refractivity contribution in [1.29, 1.82) is 0 Å². The van der Waals surface area contributed by atoms with E-state index in [2.05, 4.69) is 0 Å². The third-order valence-corrected chi connectivity index (χ3v) is 5.92. The minimum Gasteiger partial charge on any atom is -0.497 e. The molecule has 1 saturated heterocycles. The summed E-state index contributed by atoms with van der Waals surface area (Å²) < 4.78 is 23.2. The minimum atomic E-state index is -1.19. The smallest absolute Gasteiger partial charge is 0.187 e.